The van der Waals surface area contributed by atoms with E-state index >= 15 is 0 Å². The number of aliphatic hydroxyl groups excluding tert-OH is 1. The van der Waals surface area contributed by atoms with Crippen molar-refractivity contribution in [1.29, 1.82) is 0 Å². The SMILES string of the molecule is COc1cc2c(cc1OC)CN(C[C@@H]1C[C@H](c3ccc(CO)cc3)O[C@H](c3ccc(-c4cccc(CNC(=O)CCCCC(=O)NO)c4)cc3)O1)CC2. The molecule has 11 heteroatoms. The van der Waals surface area contributed by atoms with Crippen molar-refractivity contribution in [2.24, 2.45) is 0 Å². The lowest BCUT2D eigenvalue weighted by molar-refractivity contribution is -0.253. The number of benzene rings is 4. The van der Waals surface area contributed by atoms with Crippen LogP contribution in [0.2, 0.25) is 0 Å². The Hall–Kier alpha value is -4.78. The molecule has 2 amide bonds. The zero-order chi connectivity index (χ0) is 37.2. The molecule has 0 radical (unpaired) electrons. The number of hydrogen-bond acceptors (Lipinski definition) is 9. The minimum atomic E-state index is -0.564. The maximum Gasteiger partial charge on any atom is 0.243 e. The molecule has 3 atom stereocenters. The van der Waals surface area contributed by atoms with E-state index in [1.165, 1.54) is 11.1 Å². The maximum atomic E-state index is 12.3. The third-order valence-corrected chi connectivity index (χ3v) is 9.99. The highest BCUT2D eigenvalue weighted by molar-refractivity contribution is 5.76. The van der Waals surface area contributed by atoms with Gasteiger partial charge in [-0.2, -0.15) is 0 Å². The molecule has 0 unspecified atom stereocenters. The van der Waals surface area contributed by atoms with Crippen LogP contribution in [0.15, 0.2) is 84.9 Å². The van der Waals surface area contributed by atoms with E-state index in [9.17, 15) is 14.7 Å². The van der Waals surface area contributed by atoms with Crippen molar-refractivity contribution >= 4 is 11.8 Å². The molecule has 0 bridgehead atoms. The van der Waals surface area contributed by atoms with Gasteiger partial charge in [0.15, 0.2) is 17.8 Å². The predicted octanol–water partition coefficient (Wildman–Crippen LogP) is 6.15. The van der Waals surface area contributed by atoms with Gasteiger partial charge >= 0.3 is 0 Å². The summed E-state index contributed by atoms with van der Waals surface area (Å²) in [7, 11) is 3.33. The molecule has 0 aromatic heterocycles. The molecule has 1 fully saturated rings. The fourth-order valence-electron chi connectivity index (χ4n) is 7.03. The van der Waals surface area contributed by atoms with Crippen LogP contribution < -0.4 is 20.3 Å². The van der Waals surface area contributed by atoms with Crippen LogP contribution in [0.5, 0.6) is 11.5 Å². The number of hydrogen-bond donors (Lipinski definition) is 4. The first kappa shape index (κ1) is 38.0. The molecule has 53 heavy (non-hydrogen) atoms. The minimum Gasteiger partial charge on any atom is -0.493 e. The molecule has 0 spiro atoms. The van der Waals surface area contributed by atoms with Crippen molar-refractivity contribution in [3.63, 3.8) is 0 Å². The van der Waals surface area contributed by atoms with Crippen molar-refractivity contribution in [1.82, 2.24) is 15.7 Å². The van der Waals surface area contributed by atoms with Gasteiger partial charge in [-0.25, -0.2) is 5.48 Å². The van der Waals surface area contributed by atoms with Gasteiger partial charge < -0.3 is 29.4 Å². The Labute approximate surface area is 310 Å². The van der Waals surface area contributed by atoms with Gasteiger partial charge in [0.25, 0.3) is 0 Å². The van der Waals surface area contributed by atoms with Gasteiger partial charge in [0, 0.05) is 51.0 Å². The summed E-state index contributed by atoms with van der Waals surface area (Å²) in [6.45, 7) is 2.85. The third-order valence-electron chi connectivity index (χ3n) is 9.99. The lowest BCUT2D eigenvalue weighted by Crippen LogP contribution is -2.41. The number of unbranched alkanes of at least 4 members (excludes halogenated alkanes) is 1. The molecule has 0 saturated carbocycles. The predicted molar refractivity (Wildman–Crippen MR) is 199 cm³/mol. The number of nitrogens with zero attached hydrogens (tertiary/aromatic N) is 1. The van der Waals surface area contributed by atoms with Gasteiger partial charge in [0.1, 0.15) is 0 Å². The number of carbonyl (C=O) groups is 2. The zero-order valence-corrected chi connectivity index (χ0v) is 30.4. The topological polar surface area (TPSA) is 139 Å². The molecule has 280 valence electrons. The molecule has 6 rings (SSSR count). The smallest absolute Gasteiger partial charge is 0.243 e. The quantitative estimate of drug-likeness (QED) is 0.0647. The fraction of sp³-hybridized carbons (Fsp3) is 0.381. The number of carbonyl (C=O) groups excluding carboxylic acids is 2. The Bertz CT molecular complexity index is 1830. The van der Waals surface area contributed by atoms with Crippen molar-refractivity contribution in [3.8, 4) is 22.6 Å². The largest absolute Gasteiger partial charge is 0.493 e. The number of amides is 2. The van der Waals surface area contributed by atoms with Crippen LogP contribution in [0.25, 0.3) is 11.1 Å². The summed E-state index contributed by atoms with van der Waals surface area (Å²) in [5.41, 5.74) is 10.0. The highest BCUT2D eigenvalue weighted by Crippen LogP contribution is 2.40. The van der Waals surface area contributed by atoms with Gasteiger partial charge in [-0.1, -0.05) is 66.7 Å². The number of fused-ring (bicyclic) bond motifs is 1. The van der Waals surface area contributed by atoms with E-state index in [1.807, 2.05) is 42.5 Å². The Kier molecular flexibility index (Phi) is 13.1. The van der Waals surface area contributed by atoms with Gasteiger partial charge in [-0.3, -0.25) is 19.7 Å². The van der Waals surface area contributed by atoms with Crippen LogP contribution in [0.1, 0.15) is 77.9 Å². The lowest BCUT2D eigenvalue weighted by Gasteiger charge is -2.39. The summed E-state index contributed by atoms with van der Waals surface area (Å²) in [5, 5.41) is 21.2. The zero-order valence-electron chi connectivity index (χ0n) is 30.4. The van der Waals surface area contributed by atoms with E-state index in [-0.39, 0.29) is 31.1 Å². The first-order valence-electron chi connectivity index (χ1n) is 18.2. The van der Waals surface area contributed by atoms with Crippen LogP contribution in [0, 0.1) is 0 Å². The highest BCUT2D eigenvalue weighted by atomic mass is 16.7. The third kappa shape index (κ3) is 10.0. The van der Waals surface area contributed by atoms with E-state index < -0.39 is 12.2 Å². The summed E-state index contributed by atoms with van der Waals surface area (Å²) in [5.74, 6) is 0.963. The number of aliphatic hydroxyl groups is 1. The number of nitrogens with one attached hydrogen (secondary N) is 2. The molecular weight excluding hydrogens is 674 g/mol. The summed E-state index contributed by atoms with van der Waals surface area (Å²) in [6.07, 6.45) is 2.39. The van der Waals surface area contributed by atoms with Crippen molar-refractivity contribution in [2.75, 3.05) is 27.3 Å². The number of hydroxylamine groups is 1. The van der Waals surface area contributed by atoms with Gasteiger partial charge in [-0.15, -0.1) is 0 Å². The molecule has 2 aliphatic rings. The Balaban J connectivity index is 1.12. The van der Waals surface area contributed by atoms with E-state index in [1.54, 1.807) is 19.7 Å². The molecule has 4 aromatic carbocycles. The van der Waals surface area contributed by atoms with Gasteiger partial charge in [0.05, 0.1) is 33.0 Å². The molecule has 0 aliphatic carbocycles. The molecule has 2 aliphatic heterocycles. The van der Waals surface area contributed by atoms with Crippen LogP contribution in [0.4, 0.5) is 0 Å². The second-order valence-electron chi connectivity index (χ2n) is 13.7. The number of ether oxygens (including phenoxy) is 4. The van der Waals surface area contributed by atoms with E-state index in [0.717, 1.165) is 70.9 Å². The molecule has 1 saturated heterocycles. The molecule has 4 aromatic rings. The number of rotatable bonds is 15. The Morgan fingerprint density at radius 2 is 1.51 bits per heavy atom. The van der Waals surface area contributed by atoms with E-state index in [4.69, 9.17) is 24.2 Å². The summed E-state index contributed by atoms with van der Waals surface area (Å²) in [4.78, 5) is 25.9. The first-order chi connectivity index (χ1) is 25.8. The number of methoxy groups -OCH3 is 2. The van der Waals surface area contributed by atoms with Crippen molar-refractivity contribution in [2.45, 2.75) is 76.7 Å². The Morgan fingerprint density at radius 1 is 0.811 bits per heavy atom. The Morgan fingerprint density at radius 3 is 2.21 bits per heavy atom. The van der Waals surface area contributed by atoms with Gasteiger partial charge in [0.2, 0.25) is 11.8 Å². The first-order valence-corrected chi connectivity index (χ1v) is 18.2. The summed E-state index contributed by atoms with van der Waals surface area (Å²) >= 11 is 0. The van der Waals surface area contributed by atoms with Crippen LogP contribution in [-0.4, -0.2) is 60.4 Å². The van der Waals surface area contributed by atoms with E-state index in [2.05, 4.69) is 52.7 Å². The second kappa shape index (κ2) is 18.3. The highest BCUT2D eigenvalue weighted by Gasteiger charge is 2.34. The lowest BCUT2D eigenvalue weighted by atomic mass is 9.96. The maximum absolute atomic E-state index is 12.3. The minimum absolute atomic E-state index is 0.00774. The monoisotopic (exact) mass is 723 g/mol. The normalized spacial score (nSPS) is 18.5. The van der Waals surface area contributed by atoms with Crippen LogP contribution >= 0.6 is 0 Å². The van der Waals surface area contributed by atoms with Crippen molar-refractivity contribution in [3.05, 3.63) is 118 Å². The van der Waals surface area contributed by atoms with Crippen LogP contribution in [0.3, 0.4) is 0 Å². The molecule has 4 N–H and O–H groups in total. The molecule has 11 nitrogen and oxygen atoms in total. The van der Waals surface area contributed by atoms with E-state index in [0.29, 0.717) is 32.2 Å². The second-order valence-corrected chi connectivity index (χ2v) is 13.7. The van der Waals surface area contributed by atoms with Crippen molar-refractivity contribution < 1.29 is 38.9 Å². The van der Waals surface area contributed by atoms with Crippen LogP contribution in [-0.2, 0) is 45.2 Å². The standard InChI is InChI=1S/C42H49N3O8/c1-50-38-21-34-18-19-45(25-35(34)22-39(38)51-2)26-36-23-37(31-12-10-28(27-46)11-13-31)53-42(52-36)32-16-14-30(15-17-32)33-7-5-6-29(20-33)24-43-40(47)8-3-4-9-41(48)44-49/h5-7,10-17,20-22,36-37,42,46,49H,3-4,8-9,18-19,23-27H2,1-2H3,(H,43,47)(H,44,48)/t36-,37+,42+/m0/s1. The fourth-order valence-corrected chi connectivity index (χ4v) is 7.03. The molecule has 2 heterocycles. The van der Waals surface area contributed by atoms with Gasteiger partial charge in [-0.05, 0) is 76.4 Å². The molecular formula is C42H49N3O8. The average Bonchev–Trinajstić information content (AvgIpc) is 3.21. The summed E-state index contributed by atoms with van der Waals surface area (Å²) in [6, 6.07) is 28.4. The summed E-state index contributed by atoms with van der Waals surface area (Å²) < 4.78 is 24.4. The average molecular weight is 724 g/mol.